The third kappa shape index (κ3) is 5.92. The molecule has 0 saturated carbocycles. The molecule has 24 heavy (non-hydrogen) atoms. The fraction of sp³-hybridized carbons (Fsp3) is 0.176. The Morgan fingerprint density at radius 3 is 2.38 bits per heavy atom. The molecular formula is C17H16BrNO5. The lowest BCUT2D eigenvalue weighted by Gasteiger charge is -2.16. The lowest BCUT2D eigenvalue weighted by molar-refractivity contribution is -0.144. The molecule has 2 rings (SSSR count). The number of alkyl carbamates (subject to hydrolysis) is 1. The number of carbonyl (C=O) groups excluding carboxylic acids is 1. The Morgan fingerprint density at radius 1 is 1.08 bits per heavy atom. The van der Waals surface area contributed by atoms with E-state index in [1.807, 2.05) is 30.3 Å². The van der Waals surface area contributed by atoms with Gasteiger partial charge in [-0.1, -0.05) is 46.3 Å². The zero-order chi connectivity index (χ0) is 17.4. The van der Waals surface area contributed by atoms with Crippen molar-refractivity contribution in [1.29, 1.82) is 0 Å². The second-order valence-corrected chi connectivity index (χ2v) is 5.76. The quantitative estimate of drug-likeness (QED) is 0.754. The largest absolute Gasteiger partial charge is 0.478 e. The molecule has 0 bridgehead atoms. The lowest BCUT2D eigenvalue weighted by atomic mass is 10.2. The van der Waals surface area contributed by atoms with Crippen LogP contribution in [0.5, 0.6) is 5.75 Å². The van der Waals surface area contributed by atoms with Crippen molar-refractivity contribution in [3.05, 3.63) is 64.6 Å². The van der Waals surface area contributed by atoms with Gasteiger partial charge >= 0.3 is 12.1 Å². The molecule has 1 atom stereocenters. The van der Waals surface area contributed by atoms with Gasteiger partial charge in [-0.15, -0.1) is 0 Å². The topological polar surface area (TPSA) is 84.9 Å². The molecule has 7 heteroatoms. The van der Waals surface area contributed by atoms with Crippen LogP contribution in [0.1, 0.15) is 5.56 Å². The first kappa shape index (κ1) is 17.8. The standard InChI is InChI=1S/C17H16BrNO5/c18-13-6-8-14(9-7-13)24-15(16(20)21)10-19-17(22)23-11-12-4-2-1-3-5-12/h1-9,15H,10-11H2,(H,19,22)(H,20,21). The first-order chi connectivity index (χ1) is 11.5. The van der Waals surface area contributed by atoms with Gasteiger partial charge in [-0.05, 0) is 29.8 Å². The second-order valence-electron chi connectivity index (χ2n) is 4.84. The maximum atomic E-state index is 11.7. The van der Waals surface area contributed by atoms with Crippen molar-refractivity contribution in [2.45, 2.75) is 12.7 Å². The third-order valence-electron chi connectivity index (χ3n) is 3.01. The summed E-state index contributed by atoms with van der Waals surface area (Å²) in [6, 6.07) is 15.9. The molecule has 2 N–H and O–H groups in total. The number of carbonyl (C=O) groups is 2. The molecule has 0 aliphatic heterocycles. The van der Waals surface area contributed by atoms with Crippen molar-refractivity contribution in [3.8, 4) is 5.75 Å². The number of benzene rings is 2. The van der Waals surface area contributed by atoms with Gasteiger partial charge in [-0.3, -0.25) is 0 Å². The normalized spacial score (nSPS) is 11.4. The fourth-order valence-electron chi connectivity index (χ4n) is 1.81. The van der Waals surface area contributed by atoms with Crippen LogP contribution < -0.4 is 10.1 Å². The number of hydrogen-bond donors (Lipinski definition) is 2. The predicted molar refractivity (Wildman–Crippen MR) is 90.8 cm³/mol. The number of aliphatic carboxylic acids is 1. The first-order valence-corrected chi connectivity index (χ1v) is 7.93. The molecule has 0 radical (unpaired) electrons. The number of nitrogens with one attached hydrogen (secondary N) is 1. The van der Waals surface area contributed by atoms with Gasteiger partial charge < -0.3 is 19.9 Å². The van der Waals surface area contributed by atoms with E-state index >= 15 is 0 Å². The molecule has 2 aromatic rings. The summed E-state index contributed by atoms with van der Waals surface area (Å²) in [6.45, 7) is -0.100. The van der Waals surface area contributed by atoms with E-state index in [-0.39, 0.29) is 13.2 Å². The van der Waals surface area contributed by atoms with Crippen molar-refractivity contribution in [2.24, 2.45) is 0 Å². The summed E-state index contributed by atoms with van der Waals surface area (Å²) in [5.41, 5.74) is 0.841. The summed E-state index contributed by atoms with van der Waals surface area (Å²) in [6.07, 6.45) is -1.92. The van der Waals surface area contributed by atoms with E-state index in [4.69, 9.17) is 9.47 Å². The molecular weight excluding hydrogens is 378 g/mol. The lowest BCUT2D eigenvalue weighted by Crippen LogP contribution is -2.40. The minimum atomic E-state index is -1.21. The van der Waals surface area contributed by atoms with Gasteiger partial charge in [0.15, 0.2) is 0 Å². The number of carboxylic acids is 1. The van der Waals surface area contributed by atoms with Crippen LogP contribution >= 0.6 is 15.9 Å². The Morgan fingerprint density at radius 2 is 1.75 bits per heavy atom. The number of hydrogen-bond acceptors (Lipinski definition) is 4. The average molecular weight is 394 g/mol. The molecule has 0 heterocycles. The molecule has 0 spiro atoms. The van der Waals surface area contributed by atoms with E-state index < -0.39 is 18.2 Å². The maximum absolute atomic E-state index is 11.7. The number of halogens is 1. The number of amides is 1. The van der Waals surface area contributed by atoms with Crippen LogP contribution in [0.4, 0.5) is 4.79 Å². The fourth-order valence-corrected chi connectivity index (χ4v) is 2.07. The van der Waals surface area contributed by atoms with Crippen molar-refractivity contribution in [2.75, 3.05) is 6.54 Å². The van der Waals surface area contributed by atoms with Crippen LogP contribution in [0.3, 0.4) is 0 Å². The predicted octanol–water partition coefficient (Wildman–Crippen LogP) is 3.21. The van der Waals surface area contributed by atoms with Gasteiger partial charge in [0.1, 0.15) is 12.4 Å². The second kappa shape index (κ2) is 8.93. The molecule has 1 unspecified atom stereocenters. The molecule has 0 aromatic heterocycles. The summed E-state index contributed by atoms with van der Waals surface area (Å²) in [4.78, 5) is 22.9. The highest BCUT2D eigenvalue weighted by atomic mass is 79.9. The van der Waals surface area contributed by atoms with Gasteiger partial charge in [-0.2, -0.15) is 0 Å². The highest BCUT2D eigenvalue weighted by Gasteiger charge is 2.20. The zero-order valence-corrected chi connectivity index (χ0v) is 14.2. The Balaban J connectivity index is 1.81. The Hall–Kier alpha value is -2.54. The molecule has 2 aromatic carbocycles. The molecule has 126 valence electrons. The van der Waals surface area contributed by atoms with Gasteiger partial charge in [0.2, 0.25) is 6.10 Å². The summed E-state index contributed by atoms with van der Waals surface area (Å²) in [5, 5.41) is 11.6. The summed E-state index contributed by atoms with van der Waals surface area (Å²) >= 11 is 3.28. The monoisotopic (exact) mass is 393 g/mol. The SMILES string of the molecule is O=C(NCC(Oc1ccc(Br)cc1)C(=O)O)OCc1ccccc1. The number of ether oxygens (including phenoxy) is 2. The van der Waals surface area contributed by atoms with Crippen molar-refractivity contribution >= 4 is 28.0 Å². The minimum absolute atomic E-state index is 0.109. The molecule has 0 aliphatic rings. The van der Waals surface area contributed by atoms with Gasteiger partial charge in [0.25, 0.3) is 0 Å². The summed E-state index contributed by atoms with van der Waals surface area (Å²) < 4.78 is 11.2. The van der Waals surface area contributed by atoms with Crippen LogP contribution in [-0.2, 0) is 16.1 Å². The average Bonchev–Trinajstić information content (AvgIpc) is 2.59. The van der Waals surface area contributed by atoms with E-state index in [2.05, 4.69) is 21.2 Å². The smallest absolute Gasteiger partial charge is 0.407 e. The number of carboxylic acid groups (broad SMARTS) is 1. The van der Waals surface area contributed by atoms with E-state index in [9.17, 15) is 14.7 Å². The molecule has 6 nitrogen and oxygen atoms in total. The van der Waals surface area contributed by atoms with Crippen LogP contribution in [0.2, 0.25) is 0 Å². The van der Waals surface area contributed by atoms with Gasteiger partial charge in [0.05, 0.1) is 6.54 Å². The summed E-state index contributed by atoms with van der Waals surface area (Å²) in [5.74, 6) is -0.786. The Bertz CT molecular complexity index is 675. The van der Waals surface area contributed by atoms with Crippen LogP contribution in [0, 0.1) is 0 Å². The molecule has 0 fully saturated rings. The van der Waals surface area contributed by atoms with Crippen molar-refractivity contribution in [3.63, 3.8) is 0 Å². The van der Waals surface area contributed by atoms with Gasteiger partial charge in [-0.25, -0.2) is 9.59 Å². The first-order valence-electron chi connectivity index (χ1n) is 7.14. The van der Waals surface area contributed by atoms with Gasteiger partial charge in [0, 0.05) is 4.47 Å². The molecule has 1 amide bonds. The van der Waals surface area contributed by atoms with Crippen LogP contribution in [-0.4, -0.2) is 29.8 Å². The van der Waals surface area contributed by atoms with E-state index in [1.54, 1.807) is 24.3 Å². The highest BCUT2D eigenvalue weighted by molar-refractivity contribution is 9.10. The molecule has 0 saturated heterocycles. The summed E-state index contributed by atoms with van der Waals surface area (Å²) in [7, 11) is 0. The van der Waals surface area contributed by atoms with E-state index in [0.717, 1.165) is 10.0 Å². The maximum Gasteiger partial charge on any atom is 0.407 e. The van der Waals surface area contributed by atoms with E-state index in [1.165, 1.54) is 0 Å². The third-order valence-corrected chi connectivity index (χ3v) is 3.54. The minimum Gasteiger partial charge on any atom is -0.478 e. The van der Waals surface area contributed by atoms with Crippen molar-refractivity contribution < 1.29 is 24.2 Å². The van der Waals surface area contributed by atoms with Crippen molar-refractivity contribution in [1.82, 2.24) is 5.32 Å². The number of rotatable bonds is 7. The Labute approximate surface area is 147 Å². The zero-order valence-electron chi connectivity index (χ0n) is 12.6. The van der Waals surface area contributed by atoms with Crippen LogP contribution in [0.15, 0.2) is 59.1 Å². The molecule has 0 aliphatic carbocycles. The highest BCUT2D eigenvalue weighted by Crippen LogP contribution is 2.17. The Kier molecular flexibility index (Phi) is 6.62. The van der Waals surface area contributed by atoms with Crippen LogP contribution in [0.25, 0.3) is 0 Å². The van der Waals surface area contributed by atoms with E-state index in [0.29, 0.717) is 5.75 Å².